The number of hydrogen-bond acceptors (Lipinski definition) is 2. The summed E-state index contributed by atoms with van der Waals surface area (Å²) in [5.74, 6) is 0.729. The van der Waals surface area contributed by atoms with Crippen LogP contribution in [0.25, 0.3) is 0 Å². The molecular weight excluding hydrogens is 266 g/mol. The molecule has 0 saturated carbocycles. The maximum absolute atomic E-state index is 12.3. The van der Waals surface area contributed by atoms with Gasteiger partial charge in [0, 0.05) is 16.7 Å². The van der Waals surface area contributed by atoms with Crippen molar-refractivity contribution in [1.29, 1.82) is 0 Å². The summed E-state index contributed by atoms with van der Waals surface area (Å²) >= 11 is 0. The molecule has 1 rings (SSSR count). The Morgan fingerprint density at radius 2 is 1.80 bits per heavy atom. The minimum Gasteiger partial charge on any atom is -0.314 e. The van der Waals surface area contributed by atoms with Crippen LogP contribution in [0.1, 0.15) is 53.0 Å². The second-order valence-corrected chi connectivity index (χ2v) is 8.04. The highest BCUT2D eigenvalue weighted by molar-refractivity contribution is 7.85. The Hall–Kier alpha value is -0.670. The molecule has 0 amide bonds. The zero-order chi connectivity index (χ0) is 15.2. The smallest absolute Gasteiger partial charge is 0.0530 e. The van der Waals surface area contributed by atoms with Gasteiger partial charge in [0.15, 0.2) is 0 Å². The van der Waals surface area contributed by atoms with Gasteiger partial charge < -0.3 is 5.32 Å². The van der Waals surface area contributed by atoms with Crippen LogP contribution >= 0.6 is 0 Å². The molecule has 0 aliphatic rings. The zero-order valence-corrected chi connectivity index (χ0v) is 14.3. The molecule has 114 valence electrons. The largest absolute Gasteiger partial charge is 0.314 e. The van der Waals surface area contributed by atoms with Crippen LogP contribution < -0.4 is 5.32 Å². The Morgan fingerprint density at radius 1 is 1.20 bits per heavy atom. The van der Waals surface area contributed by atoms with Crippen molar-refractivity contribution >= 4 is 10.8 Å². The summed E-state index contributed by atoms with van der Waals surface area (Å²) in [7, 11) is -0.885. The molecule has 1 N–H and O–H groups in total. The van der Waals surface area contributed by atoms with E-state index in [0.29, 0.717) is 6.04 Å². The topological polar surface area (TPSA) is 29.1 Å². The molecule has 0 bridgehead atoms. The molecule has 20 heavy (non-hydrogen) atoms. The molecule has 1 aromatic rings. The normalized spacial score (nSPS) is 15.1. The minimum atomic E-state index is -0.885. The van der Waals surface area contributed by atoms with Gasteiger partial charge in [0.1, 0.15) is 0 Å². The van der Waals surface area contributed by atoms with E-state index in [1.807, 2.05) is 12.1 Å². The summed E-state index contributed by atoms with van der Waals surface area (Å²) in [6.07, 6.45) is 2.09. The first-order valence-electron chi connectivity index (χ1n) is 7.57. The maximum Gasteiger partial charge on any atom is 0.0530 e. The van der Waals surface area contributed by atoms with E-state index >= 15 is 0 Å². The third-order valence-corrected chi connectivity index (χ3v) is 4.87. The highest BCUT2D eigenvalue weighted by Crippen LogP contribution is 2.23. The van der Waals surface area contributed by atoms with E-state index < -0.39 is 10.8 Å². The molecule has 3 heteroatoms. The van der Waals surface area contributed by atoms with Gasteiger partial charge in [0.05, 0.1) is 10.8 Å². The van der Waals surface area contributed by atoms with Crippen molar-refractivity contribution in [2.75, 3.05) is 12.3 Å². The second-order valence-electron chi connectivity index (χ2n) is 6.47. The Kier molecular flexibility index (Phi) is 6.90. The lowest BCUT2D eigenvalue weighted by molar-refractivity contribution is 0.533. The number of benzene rings is 1. The molecule has 2 unspecified atom stereocenters. The van der Waals surface area contributed by atoms with Crippen molar-refractivity contribution in [2.24, 2.45) is 0 Å². The van der Waals surface area contributed by atoms with Crippen molar-refractivity contribution in [3.63, 3.8) is 0 Å². The summed E-state index contributed by atoms with van der Waals surface area (Å²) in [5, 5.41) is 3.43. The van der Waals surface area contributed by atoms with Gasteiger partial charge in [0.2, 0.25) is 0 Å². The molecule has 0 aliphatic carbocycles. The quantitative estimate of drug-likeness (QED) is 0.827. The van der Waals surface area contributed by atoms with E-state index in [-0.39, 0.29) is 5.41 Å². The van der Waals surface area contributed by atoms with E-state index in [2.05, 4.69) is 52.1 Å². The standard InChI is InChI=1S/C17H29NOS/c1-6-12-18-14(2)11-13-20(19)16-9-7-15(8-10-16)17(3,4)5/h7-10,14,18H,6,11-13H2,1-5H3. The van der Waals surface area contributed by atoms with Crippen LogP contribution in [0.15, 0.2) is 29.2 Å². The van der Waals surface area contributed by atoms with Crippen LogP contribution in [-0.2, 0) is 16.2 Å². The Balaban J connectivity index is 2.52. The Bertz CT molecular complexity index is 420. The van der Waals surface area contributed by atoms with Crippen LogP contribution in [0, 0.1) is 0 Å². The van der Waals surface area contributed by atoms with Crippen molar-refractivity contribution in [2.45, 2.75) is 63.8 Å². The summed E-state index contributed by atoms with van der Waals surface area (Å²) in [6, 6.07) is 8.67. The summed E-state index contributed by atoms with van der Waals surface area (Å²) in [4.78, 5) is 0.945. The molecule has 0 aromatic heterocycles. The molecule has 0 heterocycles. The lowest BCUT2D eigenvalue weighted by Crippen LogP contribution is -2.28. The third-order valence-electron chi connectivity index (χ3n) is 3.46. The van der Waals surface area contributed by atoms with Crippen molar-refractivity contribution in [1.82, 2.24) is 5.32 Å². The fourth-order valence-corrected chi connectivity index (χ4v) is 3.24. The molecule has 2 atom stereocenters. The van der Waals surface area contributed by atoms with Crippen LogP contribution in [-0.4, -0.2) is 22.5 Å². The lowest BCUT2D eigenvalue weighted by Gasteiger charge is -2.19. The zero-order valence-electron chi connectivity index (χ0n) is 13.5. The van der Waals surface area contributed by atoms with Gasteiger partial charge in [-0.2, -0.15) is 0 Å². The van der Waals surface area contributed by atoms with Crippen molar-refractivity contribution in [3.8, 4) is 0 Å². The van der Waals surface area contributed by atoms with E-state index in [4.69, 9.17) is 0 Å². The van der Waals surface area contributed by atoms with Crippen molar-refractivity contribution in [3.05, 3.63) is 29.8 Å². The van der Waals surface area contributed by atoms with E-state index in [0.717, 1.165) is 30.0 Å². The Labute approximate surface area is 126 Å². The second kappa shape index (κ2) is 7.94. The highest BCUT2D eigenvalue weighted by Gasteiger charge is 2.14. The van der Waals surface area contributed by atoms with E-state index in [1.54, 1.807) is 0 Å². The first-order valence-corrected chi connectivity index (χ1v) is 8.88. The molecule has 2 nitrogen and oxygen atoms in total. The average molecular weight is 295 g/mol. The maximum atomic E-state index is 12.3. The Morgan fingerprint density at radius 3 is 2.30 bits per heavy atom. The molecular formula is C17H29NOS. The monoisotopic (exact) mass is 295 g/mol. The van der Waals surface area contributed by atoms with Crippen molar-refractivity contribution < 1.29 is 4.21 Å². The summed E-state index contributed by atoms with van der Waals surface area (Å²) in [6.45, 7) is 11.9. The number of hydrogen-bond donors (Lipinski definition) is 1. The van der Waals surface area contributed by atoms with Gasteiger partial charge in [-0.3, -0.25) is 4.21 Å². The van der Waals surface area contributed by atoms with Crippen LogP contribution in [0.5, 0.6) is 0 Å². The molecule has 1 aromatic carbocycles. The van der Waals surface area contributed by atoms with Gasteiger partial charge in [-0.25, -0.2) is 0 Å². The molecule has 0 saturated heterocycles. The highest BCUT2D eigenvalue weighted by atomic mass is 32.2. The van der Waals surface area contributed by atoms with Gasteiger partial charge in [0.25, 0.3) is 0 Å². The lowest BCUT2D eigenvalue weighted by atomic mass is 9.87. The summed E-state index contributed by atoms with van der Waals surface area (Å²) in [5.41, 5.74) is 1.44. The molecule has 0 spiro atoms. The first kappa shape index (κ1) is 17.4. The average Bonchev–Trinajstić information content (AvgIpc) is 2.41. The van der Waals surface area contributed by atoms with Gasteiger partial charge >= 0.3 is 0 Å². The SMILES string of the molecule is CCCNC(C)CCS(=O)c1ccc(C(C)(C)C)cc1. The van der Waals surface area contributed by atoms with Crippen LogP contribution in [0.3, 0.4) is 0 Å². The number of rotatable bonds is 7. The van der Waals surface area contributed by atoms with Gasteiger partial charge in [-0.15, -0.1) is 0 Å². The van der Waals surface area contributed by atoms with Crippen LogP contribution in [0.2, 0.25) is 0 Å². The molecule has 0 aliphatic heterocycles. The van der Waals surface area contributed by atoms with Gasteiger partial charge in [-0.1, -0.05) is 39.8 Å². The first-order chi connectivity index (χ1) is 9.34. The fourth-order valence-electron chi connectivity index (χ4n) is 2.00. The fraction of sp³-hybridized carbons (Fsp3) is 0.647. The van der Waals surface area contributed by atoms with E-state index in [1.165, 1.54) is 5.56 Å². The van der Waals surface area contributed by atoms with E-state index in [9.17, 15) is 4.21 Å². The molecule has 0 fully saturated rings. The minimum absolute atomic E-state index is 0.151. The third kappa shape index (κ3) is 5.76. The van der Waals surface area contributed by atoms with Gasteiger partial charge in [-0.05, 0) is 49.4 Å². The van der Waals surface area contributed by atoms with Crippen LogP contribution in [0.4, 0.5) is 0 Å². The summed E-state index contributed by atoms with van der Waals surface area (Å²) < 4.78 is 12.3. The predicted molar refractivity (Wildman–Crippen MR) is 88.8 cm³/mol. The predicted octanol–water partition coefficient (Wildman–Crippen LogP) is 3.87. The molecule has 0 radical (unpaired) electrons. The number of nitrogens with one attached hydrogen (secondary N) is 1.